The Morgan fingerprint density at radius 1 is 1.15 bits per heavy atom. The predicted octanol–water partition coefficient (Wildman–Crippen LogP) is 4.93. The SMILES string of the molecule is CC(C)(C)OC(=O)N[C@@H](C(=O)Nc1cc(C(C)(C)N2C[C@@H](C(F)(F)F)NC2=O)ccn1)C1CCC(F)(F)CC1. The molecule has 4 amide bonds. The van der Waals surface area contributed by atoms with Crippen LogP contribution in [-0.4, -0.2) is 64.2 Å². The van der Waals surface area contributed by atoms with Crippen molar-refractivity contribution in [3.05, 3.63) is 23.9 Å². The molecule has 0 aromatic carbocycles. The number of nitrogens with zero attached hydrogens (tertiary/aromatic N) is 2. The molecule has 1 aliphatic carbocycles. The van der Waals surface area contributed by atoms with Crippen LogP contribution in [0.25, 0.3) is 0 Å². The highest BCUT2D eigenvalue weighted by Gasteiger charge is 2.50. The lowest BCUT2D eigenvalue weighted by Gasteiger charge is -2.35. The molecule has 0 spiro atoms. The number of nitrogens with one attached hydrogen (secondary N) is 3. The second-order valence-corrected chi connectivity index (χ2v) is 11.4. The minimum atomic E-state index is -4.61. The summed E-state index contributed by atoms with van der Waals surface area (Å²) in [5.74, 6) is -4.15. The topological polar surface area (TPSA) is 113 Å². The Kier molecular flexibility index (Phi) is 8.37. The van der Waals surface area contributed by atoms with E-state index in [0.29, 0.717) is 5.56 Å². The Balaban J connectivity index is 1.79. The van der Waals surface area contributed by atoms with Gasteiger partial charge in [-0.05, 0) is 71.1 Å². The summed E-state index contributed by atoms with van der Waals surface area (Å²) in [6.45, 7) is 7.42. The fourth-order valence-electron chi connectivity index (χ4n) is 4.67. The van der Waals surface area contributed by atoms with Gasteiger partial charge in [-0.3, -0.25) is 4.79 Å². The number of carbonyl (C=O) groups is 3. The fraction of sp³-hybridized carbons (Fsp3) is 0.680. The van der Waals surface area contributed by atoms with Crippen molar-refractivity contribution >= 4 is 23.8 Å². The van der Waals surface area contributed by atoms with E-state index in [-0.39, 0.29) is 18.7 Å². The van der Waals surface area contributed by atoms with Crippen LogP contribution < -0.4 is 16.0 Å². The van der Waals surface area contributed by atoms with E-state index in [1.807, 2.05) is 5.32 Å². The van der Waals surface area contributed by atoms with Gasteiger partial charge in [0.1, 0.15) is 23.5 Å². The van der Waals surface area contributed by atoms with Crippen molar-refractivity contribution in [1.29, 1.82) is 0 Å². The molecule has 2 heterocycles. The van der Waals surface area contributed by atoms with Gasteiger partial charge < -0.3 is 25.6 Å². The quantitative estimate of drug-likeness (QED) is 0.425. The average Bonchev–Trinajstić information content (AvgIpc) is 3.20. The molecule has 39 heavy (non-hydrogen) atoms. The molecule has 1 aliphatic heterocycles. The minimum Gasteiger partial charge on any atom is -0.444 e. The minimum absolute atomic E-state index is 0.00811. The average molecular weight is 564 g/mol. The van der Waals surface area contributed by atoms with Crippen molar-refractivity contribution in [2.45, 2.75) is 95.6 Å². The molecule has 2 atom stereocenters. The van der Waals surface area contributed by atoms with Crippen LogP contribution in [0.15, 0.2) is 18.3 Å². The zero-order valence-electron chi connectivity index (χ0n) is 22.4. The van der Waals surface area contributed by atoms with Gasteiger partial charge in [0, 0.05) is 19.0 Å². The van der Waals surface area contributed by atoms with Gasteiger partial charge in [-0.15, -0.1) is 0 Å². The zero-order valence-corrected chi connectivity index (χ0v) is 22.4. The monoisotopic (exact) mass is 563 g/mol. The number of ether oxygens (including phenoxy) is 1. The van der Waals surface area contributed by atoms with Gasteiger partial charge in [-0.2, -0.15) is 13.2 Å². The third kappa shape index (κ3) is 7.69. The molecule has 1 aromatic rings. The van der Waals surface area contributed by atoms with Crippen molar-refractivity contribution in [3.63, 3.8) is 0 Å². The van der Waals surface area contributed by atoms with E-state index in [0.717, 1.165) is 4.90 Å². The maximum absolute atomic E-state index is 13.8. The van der Waals surface area contributed by atoms with Crippen molar-refractivity contribution in [1.82, 2.24) is 20.5 Å². The Hall–Kier alpha value is -3.19. The number of anilines is 1. The molecule has 1 saturated carbocycles. The van der Waals surface area contributed by atoms with Gasteiger partial charge in [0.2, 0.25) is 11.8 Å². The van der Waals surface area contributed by atoms with Crippen LogP contribution in [0.5, 0.6) is 0 Å². The van der Waals surface area contributed by atoms with Gasteiger partial charge in [0.25, 0.3) is 0 Å². The first-order valence-corrected chi connectivity index (χ1v) is 12.6. The maximum atomic E-state index is 13.8. The Labute approximate surface area is 223 Å². The summed E-state index contributed by atoms with van der Waals surface area (Å²) < 4.78 is 72.3. The van der Waals surface area contributed by atoms with E-state index >= 15 is 0 Å². The molecular formula is C25H34F5N5O4. The van der Waals surface area contributed by atoms with Gasteiger partial charge >= 0.3 is 18.3 Å². The number of halogens is 5. The molecule has 1 aromatic heterocycles. The molecule has 14 heteroatoms. The molecule has 2 fully saturated rings. The lowest BCUT2D eigenvalue weighted by atomic mass is 9.81. The molecule has 2 aliphatic rings. The van der Waals surface area contributed by atoms with Crippen LogP contribution in [0.1, 0.15) is 65.9 Å². The molecule has 3 N–H and O–H groups in total. The number of urea groups is 1. The number of alkyl carbamates (subject to hydrolysis) is 1. The van der Waals surface area contributed by atoms with E-state index in [4.69, 9.17) is 4.74 Å². The Bertz CT molecular complexity index is 1080. The normalized spacial score (nSPS) is 21.2. The molecule has 0 bridgehead atoms. The summed E-state index contributed by atoms with van der Waals surface area (Å²) in [6, 6.07) is -1.20. The van der Waals surface area contributed by atoms with Crippen LogP contribution in [-0.2, 0) is 15.1 Å². The summed E-state index contributed by atoms with van der Waals surface area (Å²) in [5.41, 5.74) is -1.69. The number of aromatic nitrogens is 1. The third-order valence-electron chi connectivity index (χ3n) is 6.88. The summed E-state index contributed by atoms with van der Waals surface area (Å²) in [6.07, 6.45) is -5.07. The number of carbonyl (C=O) groups excluding carboxylic acids is 3. The van der Waals surface area contributed by atoms with Crippen LogP contribution in [0.4, 0.5) is 37.4 Å². The molecule has 9 nitrogen and oxygen atoms in total. The fourth-order valence-corrected chi connectivity index (χ4v) is 4.67. The smallest absolute Gasteiger partial charge is 0.410 e. The van der Waals surface area contributed by atoms with E-state index < -0.39 is 78.7 Å². The number of hydrogen-bond donors (Lipinski definition) is 3. The first-order chi connectivity index (χ1) is 17.8. The number of hydrogen-bond acceptors (Lipinski definition) is 5. The Morgan fingerprint density at radius 3 is 2.31 bits per heavy atom. The molecule has 0 radical (unpaired) electrons. The standard InChI is InChI=1S/C25H34F5N5O4/c1-22(2,3)39-21(38)34-18(14-6-9-24(26,27)10-7-14)19(36)33-17-12-15(8-11-31-17)23(4,5)35-13-16(25(28,29)30)32-20(35)37/h8,11-12,14,16,18H,6-7,9-10,13H2,1-5H3,(H,32,37)(H,34,38)(H,31,33,36)/t16-,18+/m0/s1. The number of pyridine rings is 1. The van der Waals surface area contributed by atoms with Gasteiger partial charge in [0.05, 0.1) is 12.1 Å². The van der Waals surface area contributed by atoms with E-state index in [1.54, 1.807) is 34.6 Å². The van der Waals surface area contributed by atoms with Crippen LogP contribution in [0.2, 0.25) is 0 Å². The Morgan fingerprint density at radius 2 is 1.77 bits per heavy atom. The largest absolute Gasteiger partial charge is 0.444 e. The van der Waals surface area contributed by atoms with Crippen LogP contribution in [0.3, 0.4) is 0 Å². The second-order valence-electron chi connectivity index (χ2n) is 11.4. The second kappa shape index (κ2) is 10.8. The third-order valence-corrected chi connectivity index (χ3v) is 6.88. The van der Waals surface area contributed by atoms with Crippen molar-refractivity contribution < 1.29 is 41.1 Å². The van der Waals surface area contributed by atoms with Gasteiger partial charge in [-0.25, -0.2) is 23.4 Å². The molecular weight excluding hydrogens is 529 g/mol. The van der Waals surface area contributed by atoms with E-state index in [1.165, 1.54) is 18.3 Å². The highest BCUT2D eigenvalue weighted by molar-refractivity contribution is 5.96. The first-order valence-electron chi connectivity index (χ1n) is 12.6. The van der Waals surface area contributed by atoms with Crippen molar-refractivity contribution in [3.8, 4) is 0 Å². The highest BCUT2D eigenvalue weighted by Crippen LogP contribution is 2.38. The van der Waals surface area contributed by atoms with Crippen LogP contribution in [0, 0.1) is 5.92 Å². The zero-order chi connectivity index (χ0) is 29.4. The summed E-state index contributed by atoms with van der Waals surface area (Å²) in [4.78, 5) is 43.2. The summed E-state index contributed by atoms with van der Waals surface area (Å²) in [7, 11) is 0. The molecule has 1 saturated heterocycles. The summed E-state index contributed by atoms with van der Waals surface area (Å²) >= 11 is 0. The highest BCUT2D eigenvalue weighted by atomic mass is 19.4. The number of amides is 4. The van der Waals surface area contributed by atoms with E-state index in [2.05, 4.69) is 15.6 Å². The number of rotatable bonds is 6. The van der Waals surface area contributed by atoms with Gasteiger partial charge in [-0.1, -0.05) is 0 Å². The molecule has 218 valence electrons. The molecule has 3 rings (SSSR count). The van der Waals surface area contributed by atoms with Crippen molar-refractivity contribution in [2.24, 2.45) is 5.92 Å². The van der Waals surface area contributed by atoms with E-state index in [9.17, 15) is 36.3 Å². The van der Waals surface area contributed by atoms with Gasteiger partial charge in [0.15, 0.2) is 0 Å². The lowest BCUT2D eigenvalue weighted by Crippen LogP contribution is -2.51. The van der Waals surface area contributed by atoms with Crippen LogP contribution >= 0.6 is 0 Å². The first kappa shape index (κ1) is 30.4. The van der Waals surface area contributed by atoms with Crippen molar-refractivity contribution in [2.75, 3.05) is 11.9 Å². The lowest BCUT2D eigenvalue weighted by molar-refractivity contribution is -0.150. The maximum Gasteiger partial charge on any atom is 0.410 e. The number of alkyl halides is 5. The predicted molar refractivity (Wildman–Crippen MR) is 131 cm³/mol. The molecule has 0 unspecified atom stereocenters. The summed E-state index contributed by atoms with van der Waals surface area (Å²) in [5, 5.41) is 6.99.